The number of carbonyl (C=O) groups is 1. The molecule has 2 rings (SSSR count). The fraction of sp³-hybridized carbons (Fsp3) is 0.364. The van der Waals surface area contributed by atoms with E-state index < -0.39 is 12.0 Å². The summed E-state index contributed by atoms with van der Waals surface area (Å²) in [5, 5.41) is 14.4. The predicted octanol–water partition coefficient (Wildman–Crippen LogP) is 0.858. The van der Waals surface area contributed by atoms with Crippen LogP contribution in [0.2, 0.25) is 0 Å². The number of hydrogen-bond donors (Lipinski definition) is 1. The molecule has 0 amide bonds. The first-order chi connectivity index (χ1) is 8.00. The van der Waals surface area contributed by atoms with Crippen LogP contribution in [0.4, 0.5) is 5.82 Å². The first-order valence-electron chi connectivity index (χ1n) is 5.18. The molecule has 6 heteroatoms. The predicted molar refractivity (Wildman–Crippen MR) is 65.0 cm³/mol. The molecule has 0 aliphatic rings. The van der Waals surface area contributed by atoms with Gasteiger partial charge in [0.15, 0.2) is 0 Å². The number of rotatable bonds is 3. The Morgan fingerprint density at radius 2 is 2.18 bits per heavy atom. The third kappa shape index (κ3) is 2.08. The number of carboxylic acids is 1. The van der Waals surface area contributed by atoms with Gasteiger partial charge in [0, 0.05) is 4.88 Å². The maximum Gasteiger partial charge on any atom is 0.138 e. The molecule has 2 aromatic heterocycles. The van der Waals surface area contributed by atoms with E-state index in [1.54, 1.807) is 11.3 Å². The fourth-order valence-corrected chi connectivity index (χ4v) is 2.55. The third-order valence-electron chi connectivity index (χ3n) is 2.67. The Morgan fingerprint density at radius 3 is 2.82 bits per heavy atom. The van der Waals surface area contributed by atoms with Gasteiger partial charge in [-0.25, -0.2) is 9.97 Å². The van der Waals surface area contributed by atoms with Crippen molar-refractivity contribution in [1.29, 1.82) is 0 Å². The number of aromatic nitrogens is 2. The van der Waals surface area contributed by atoms with Gasteiger partial charge in [0.2, 0.25) is 0 Å². The highest BCUT2D eigenvalue weighted by Gasteiger charge is 2.13. The Kier molecular flexibility index (Phi) is 2.97. The molecule has 0 aliphatic heterocycles. The van der Waals surface area contributed by atoms with Crippen LogP contribution in [0.1, 0.15) is 17.4 Å². The van der Waals surface area contributed by atoms with Crippen molar-refractivity contribution < 1.29 is 9.90 Å². The van der Waals surface area contributed by atoms with Crippen LogP contribution < -0.4 is 10.4 Å². The molecule has 0 bridgehead atoms. The summed E-state index contributed by atoms with van der Waals surface area (Å²) < 4.78 is 0. The zero-order valence-corrected chi connectivity index (χ0v) is 10.6. The number of aliphatic carboxylic acids is 1. The molecule has 0 aliphatic carbocycles. The van der Waals surface area contributed by atoms with Gasteiger partial charge in [0.05, 0.1) is 17.4 Å². The first kappa shape index (κ1) is 11.8. The minimum Gasteiger partial charge on any atom is -0.548 e. The molecule has 2 aromatic rings. The third-order valence-corrected chi connectivity index (χ3v) is 3.79. The molecule has 0 saturated carbocycles. The van der Waals surface area contributed by atoms with Crippen molar-refractivity contribution in [2.24, 2.45) is 0 Å². The molecule has 90 valence electrons. The van der Waals surface area contributed by atoms with Gasteiger partial charge >= 0.3 is 0 Å². The van der Waals surface area contributed by atoms with Gasteiger partial charge in [-0.3, -0.25) is 0 Å². The summed E-state index contributed by atoms with van der Waals surface area (Å²) in [5.41, 5.74) is 1.08. The first-order valence-corrected chi connectivity index (χ1v) is 6.00. The summed E-state index contributed by atoms with van der Waals surface area (Å²) in [6.07, 6.45) is 1.43. The number of hydrogen-bond acceptors (Lipinski definition) is 6. The van der Waals surface area contributed by atoms with Crippen LogP contribution in [0.5, 0.6) is 0 Å². The minimum absolute atomic E-state index is 0.550. The number of thiophene rings is 1. The van der Waals surface area contributed by atoms with Crippen molar-refractivity contribution in [2.45, 2.75) is 26.8 Å². The number of nitrogens with zero attached hydrogens (tertiary/aromatic N) is 2. The monoisotopic (exact) mass is 250 g/mol. The molecule has 0 aromatic carbocycles. The highest BCUT2D eigenvalue weighted by atomic mass is 32.1. The lowest BCUT2D eigenvalue weighted by atomic mass is 10.2. The molecule has 5 nitrogen and oxygen atoms in total. The topological polar surface area (TPSA) is 77.9 Å². The lowest BCUT2D eigenvalue weighted by Crippen LogP contribution is -2.38. The van der Waals surface area contributed by atoms with Gasteiger partial charge in [0.25, 0.3) is 0 Å². The van der Waals surface area contributed by atoms with E-state index in [-0.39, 0.29) is 0 Å². The van der Waals surface area contributed by atoms with Crippen molar-refractivity contribution in [3.05, 3.63) is 16.8 Å². The normalized spacial score (nSPS) is 12.6. The summed E-state index contributed by atoms with van der Waals surface area (Å²) >= 11 is 1.57. The standard InChI is InChI=1S/C11H13N3O2S/c1-5-7(3)17-10-8(5)9(12-4-13-10)14-6(2)11(15)16/h4,6H,1-3H3,(H,15,16)(H,12,13,14)/p-1/t6-/m0/s1. The highest BCUT2D eigenvalue weighted by molar-refractivity contribution is 7.18. The van der Waals surface area contributed by atoms with Gasteiger partial charge in [0.1, 0.15) is 17.0 Å². The number of anilines is 1. The van der Waals surface area contributed by atoms with Gasteiger partial charge in [-0.15, -0.1) is 11.3 Å². The average Bonchev–Trinajstić information content (AvgIpc) is 2.56. The molecule has 0 unspecified atom stereocenters. The molecular weight excluding hydrogens is 238 g/mol. The number of carbonyl (C=O) groups excluding carboxylic acids is 1. The summed E-state index contributed by atoms with van der Waals surface area (Å²) in [6, 6.07) is -0.785. The van der Waals surface area contributed by atoms with Gasteiger partial charge in [-0.05, 0) is 26.3 Å². The Morgan fingerprint density at radius 1 is 1.47 bits per heavy atom. The van der Waals surface area contributed by atoms with Crippen molar-refractivity contribution in [3.63, 3.8) is 0 Å². The Bertz CT molecular complexity index is 579. The van der Waals surface area contributed by atoms with E-state index >= 15 is 0 Å². The highest BCUT2D eigenvalue weighted by Crippen LogP contribution is 2.32. The number of aryl methyl sites for hydroxylation is 2. The van der Waals surface area contributed by atoms with Crippen LogP contribution in [0.3, 0.4) is 0 Å². The maximum atomic E-state index is 10.7. The van der Waals surface area contributed by atoms with Gasteiger partial charge in [-0.2, -0.15) is 0 Å². The number of fused-ring (bicyclic) bond motifs is 1. The smallest absolute Gasteiger partial charge is 0.138 e. The van der Waals surface area contributed by atoms with E-state index in [4.69, 9.17) is 0 Å². The van der Waals surface area contributed by atoms with E-state index in [1.165, 1.54) is 13.3 Å². The van der Waals surface area contributed by atoms with E-state index in [1.807, 2.05) is 13.8 Å². The quantitative estimate of drug-likeness (QED) is 0.874. The molecular formula is C11H12N3O2S-. The zero-order valence-electron chi connectivity index (χ0n) is 9.77. The summed E-state index contributed by atoms with van der Waals surface area (Å²) in [7, 11) is 0. The van der Waals surface area contributed by atoms with Crippen LogP contribution in [0.15, 0.2) is 6.33 Å². The second-order valence-corrected chi connectivity index (χ2v) is 5.07. The van der Waals surface area contributed by atoms with Crippen molar-refractivity contribution in [3.8, 4) is 0 Å². The molecule has 0 spiro atoms. The van der Waals surface area contributed by atoms with E-state index in [2.05, 4.69) is 15.3 Å². The molecule has 2 heterocycles. The SMILES string of the molecule is Cc1sc2ncnc(N[C@@H](C)C(=O)[O-])c2c1C. The molecule has 0 fully saturated rings. The Balaban J connectivity index is 2.50. The fourth-order valence-electron chi connectivity index (χ4n) is 1.56. The average molecular weight is 250 g/mol. The minimum atomic E-state index is -1.15. The lowest BCUT2D eigenvalue weighted by molar-refractivity contribution is -0.306. The summed E-state index contributed by atoms with van der Waals surface area (Å²) in [6.45, 7) is 5.51. The van der Waals surface area contributed by atoms with E-state index in [0.29, 0.717) is 5.82 Å². The van der Waals surface area contributed by atoms with Crippen LogP contribution in [-0.4, -0.2) is 22.0 Å². The Labute approximate surface area is 103 Å². The maximum absolute atomic E-state index is 10.7. The van der Waals surface area contributed by atoms with Crippen LogP contribution in [0, 0.1) is 13.8 Å². The van der Waals surface area contributed by atoms with Gasteiger partial charge < -0.3 is 15.2 Å². The zero-order chi connectivity index (χ0) is 12.6. The van der Waals surface area contributed by atoms with Crippen LogP contribution >= 0.6 is 11.3 Å². The number of carboxylic acid groups (broad SMARTS) is 1. The molecule has 1 atom stereocenters. The van der Waals surface area contributed by atoms with Crippen LogP contribution in [-0.2, 0) is 4.79 Å². The van der Waals surface area contributed by atoms with Crippen molar-refractivity contribution >= 4 is 33.3 Å². The summed E-state index contributed by atoms with van der Waals surface area (Å²) in [5.74, 6) is -0.602. The Hall–Kier alpha value is -1.69. The molecule has 0 saturated heterocycles. The molecule has 17 heavy (non-hydrogen) atoms. The number of nitrogens with one attached hydrogen (secondary N) is 1. The second kappa shape index (κ2) is 4.29. The second-order valence-electron chi connectivity index (χ2n) is 3.87. The van der Waals surface area contributed by atoms with Crippen molar-refractivity contribution in [1.82, 2.24) is 9.97 Å². The molecule has 0 radical (unpaired) electrons. The lowest BCUT2D eigenvalue weighted by Gasteiger charge is -2.15. The summed E-state index contributed by atoms with van der Waals surface area (Å²) in [4.78, 5) is 21.0. The van der Waals surface area contributed by atoms with Crippen molar-refractivity contribution in [2.75, 3.05) is 5.32 Å². The molecule has 1 N–H and O–H groups in total. The van der Waals surface area contributed by atoms with E-state index in [9.17, 15) is 9.90 Å². The van der Waals surface area contributed by atoms with Gasteiger partial charge in [-0.1, -0.05) is 0 Å². The van der Waals surface area contributed by atoms with E-state index in [0.717, 1.165) is 20.7 Å². The largest absolute Gasteiger partial charge is 0.548 e. The van der Waals surface area contributed by atoms with Crippen LogP contribution in [0.25, 0.3) is 10.2 Å².